The molecule has 0 aliphatic carbocycles. The summed E-state index contributed by atoms with van der Waals surface area (Å²) in [7, 11) is 0. The van der Waals surface area contributed by atoms with Gasteiger partial charge >= 0.3 is 0 Å². The highest BCUT2D eigenvalue weighted by Gasteiger charge is 2.11. The molecule has 23 heavy (non-hydrogen) atoms. The molecule has 0 aliphatic rings. The molecule has 0 atom stereocenters. The van der Waals surface area contributed by atoms with Gasteiger partial charge in [-0.2, -0.15) is 0 Å². The van der Waals surface area contributed by atoms with Crippen molar-refractivity contribution < 1.29 is 4.92 Å². The van der Waals surface area contributed by atoms with Gasteiger partial charge in [-0.05, 0) is 42.5 Å². The van der Waals surface area contributed by atoms with Crippen LogP contribution >= 0.6 is 23.2 Å². The fraction of sp³-hybridized carbons (Fsp3) is 0. The van der Waals surface area contributed by atoms with Gasteiger partial charge in [-0.3, -0.25) is 10.1 Å². The Balaban J connectivity index is 2.02. The molecule has 3 aromatic rings. The zero-order chi connectivity index (χ0) is 16.4. The van der Waals surface area contributed by atoms with Crippen LogP contribution in [0.1, 0.15) is 11.3 Å². The second-order valence-corrected chi connectivity index (χ2v) is 5.62. The molecule has 114 valence electrons. The van der Waals surface area contributed by atoms with Crippen LogP contribution in [-0.4, -0.2) is 9.91 Å². The lowest BCUT2D eigenvalue weighted by Crippen LogP contribution is -1.91. The number of pyridine rings is 1. The van der Waals surface area contributed by atoms with E-state index in [0.29, 0.717) is 32.2 Å². The predicted octanol–water partition coefficient (Wildman–Crippen LogP) is 5.62. The first-order valence-corrected chi connectivity index (χ1v) is 7.48. The Kier molecular flexibility index (Phi) is 4.28. The first-order valence-electron chi connectivity index (χ1n) is 6.72. The summed E-state index contributed by atoms with van der Waals surface area (Å²) in [6.45, 7) is 0. The van der Waals surface area contributed by atoms with Gasteiger partial charge in [0.2, 0.25) is 0 Å². The van der Waals surface area contributed by atoms with Crippen LogP contribution in [0.3, 0.4) is 0 Å². The number of rotatable bonds is 3. The van der Waals surface area contributed by atoms with Crippen molar-refractivity contribution in [2.75, 3.05) is 0 Å². The monoisotopic (exact) mass is 344 g/mol. The molecule has 0 saturated heterocycles. The molecule has 0 amide bonds. The molecule has 1 heterocycles. The zero-order valence-electron chi connectivity index (χ0n) is 11.7. The van der Waals surface area contributed by atoms with E-state index in [2.05, 4.69) is 4.98 Å². The molecule has 0 aliphatic heterocycles. The second-order valence-electron chi connectivity index (χ2n) is 4.81. The van der Waals surface area contributed by atoms with Crippen LogP contribution in [0, 0.1) is 10.1 Å². The second kappa shape index (κ2) is 6.36. The van der Waals surface area contributed by atoms with E-state index >= 15 is 0 Å². The lowest BCUT2D eigenvalue weighted by molar-refractivity contribution is -0.383. The van der Waals surface area contributed by atoms with E-state index in [1.807, 2.05) is 0 Å². The molecule has 3 rings (SSSR count). The number of hydrogen-bond donors (Lipinski definition) is 0. The van der Waals surface area contributed by atoms with Gasteiger partial charge in [-0.1, -0.05) is 35.3 Å². The number of non-ortho nitro benzene ring substituents is 1. The average Bonchev–Trinajstić information content (AvgIpc) is 2.53. The number of hydrogen-bond acceptors (Lipinski definition) is 3. The van der Waals surface area contributed by atoms with Gasteiger partial charge in [-0.25, -0.2) is 4.98 Å². The maximum Gasteiger partial charge on any atom is 0.278 e. The molecule has 0 spiro atoms. The number of halogens is 2. The van der Waals surface area contributed by atoms with E-state index in [9.17, 15) is 10.1 Å². The molecule has 1 aromatic heterocycles. The fourth-order valence-electron chi connectivity index (χ4n) is 2.25. The van der Waals surface area contributed by atoms with Gasteiger partial charge in [0, 0.05) is 21.7 Å². The minimum absolute atomic E-state index is 0.0414. The molecule has 2 aromatic carbocycles. The molecule has 0 bridgehead atoms. The maximum absolute atomic E-state index is 11.0. The Hall–Kier alpha value is -2.43. The summed E-state index contributed by atoms with van der Waals surface area (Å²) < 4.78 is 0. The van der Waals surface area contributed by atoms with Crippen molar-refractivity contribution in [1.82, 2.24) is 4.98 Å². The maximum atomic E-state index is 11.0. The first-order chi connectivity index (χ1) is 11.1. The van der Waals surface area contributed by atoms with E-state index in [1.54, 1.807) is 54.6 Å². The summed E-state index contributed by atoms with van der Waals surface area (Å²) in [4.78, 5) is 15.0. The normalized spacial score (nSPS) is 11.2. The van der Waals surface area contributed by atoms with Crippen molar-refractivity contribution in [1.29, 1.82) is 0 Å². The van der Waals surface area contributed by atoms with Crippen molar-refractivity contribution in [2.45, 2.75) is 0 Å². The van der Waals surface area contributed by atoms with Gasteiger partial charge in [0.25, 0.3) is 5.69 Å². The number of nitro groups is 1. The van der Waals surface area contributed by atoms with Gasteiger partial charge in [0.15, 0.2) is 0 Å². The first kappa shape index (κ1) is 15.5. The van der Waals surface area contributed by atoms with E-state index in [1.165, 1.54) is 6.07 Å². The Morgan fingerprint density at radius 3 is 2.35 bits per heavy atom. The molecule has 4 nitrogen and oxygen atoms in total. The van der Waals surface area contributed by atoms with Crippen LogP contribution in [0.4, 0.5) is 5.69 Å². The molecule has 0 unspecified atom stereocenters. The number of nitrogens with zero attached hydrogens (tertiary/aromatic N) is 2. The lowest BCUT2D eigenvalue weighted by Gasteiger charge is -2.02. The highest BCUT2D eigenvalue weighted by Crippen LogP contribution is 2.27. The van der Waals surface area contributed by atoms with Gasteiger partial charge < -0.3 is 0 Å². The summed E-state index contributed by atoms with van der Waals surface area (Å²) in [5.41, 5.74) is 1.97. The highest BCUT2D eigenvalue weighted by molar-refractivity contribution is 6.37. The van der Waals surface area contributed by atoms with Crippen LogP contribution in [0.5, 0.6) is 0 Å². The number of benzene rings is 2. The van der Waals surface area contributed by atoms with Crippen LogP contribution < -0.4 is 0 Å². The average molecular weight is 345 g/mol. The number of nitro benzene ring substituents is 1. The summed E-state index contributed by atoms with van der Waals surface area (Å²) in [5.74, 6) is 0. The van der Waals surface area contributed by atoms with Crippen molar-refractivity contribution >= 4 is 51.9 Å². The minimum atomic E-state index is -0.414. The molecule has 0 radical (unpaired) electrons. The third kappa shape index (κ3) is 3.18. The van der Waals surface area contributed by atoms with Crippen LogP contribution in [0.25, 0.3) is 23.1 Å². The van der Waals surface area contributed by atoms with E-state index in [-0.39, 0.29) is 5.69 Å². The standard InChI is InChI=1S/C17H10Cl2N2O2/c18-14-3-1-4-15(19)12(14)9-7-11-8-10-13-16(20-11)5-2-6-17(13)21(22)23/h1-10H. The third-order valence-electron chi connectivity index (χ3n) is 3.35. The molecular formula is C17H10Cl2N2O2. The zero-order valence-corrected chi connectivity index (χ0v) is 13.3. The summed E-state index contributed by atoms with van der Waals surface area (Å²) >= 11 is 12.2. The van der Waals surface area contributed by atoms with E-state index < -0.39 is 4.92 Å². The van der Waals surface area contributed by atoms with Crippen LogP contribution in [0.2, 0.25) is 10.0 Å². The minimum Gasteiger partial charge on any atom is -0.258 e. The van der Waals surface area contributed by atoms with E-state index in [4.69, 9.17) is 23.2 Å². The Morgan fingerprint density at radius 2 is 1.65 bits per heavy atom. The van der Waals surface area contributed by atoms with Crippen molar-refractivity contribution in [3.63, 3.8) is 0 Å². The van der Waals surface area contributed by atoms with Gasteiger partial charge in [0.05, 0.1) is 21.5 Å². The lowest BCUT2D eigenvalue weighted by atomic mass is 10.1. The SMILES string of the molecule is O=[N+]([O-])c1cccc2nc(C=Cc3c(Cl)cccc3Cl)ccc12. The molecule has 0 N–H and O–H groups in total. The summed E-state index contributed by atoms with van der Waals surface area (Å²) in [5, 5.41) is 12.6. The smallest absolute Gasteiger partial charge is 0.258 e. The molecular weight excluding hydrogens is 335 g/mol. The predicted molar refractivity (Wildman–Crippen MR) is 93.8 cm³/mol. The highest BCUT2D eigenvalue weighted by atomic mass is 35.5. The Labute approximate surface area is 142 Å². The van der Waals surface area contributed by atoms with Gasteiger partial charge in [-0.15, -0.1) is 0 Å². The molecule has 6 heteroatoms. The van der Waals surface area contributed by atoms with Crippen molar-refractivity contribution in [2.24, 2.45) is 0 Å². The van der Waals surface area contributed by atoms with Crippen molar-refractivity contribution in [3.05, 3.63) is 79.9 Å². The summed E-state index contributed by atoms with van der Waals surface area (Å²) in [6, 6.07) is 13.5. The number of aromatic nitrogens is 1. The topological polar surface area (TPSA) is 56.0 Å². The Morgan fingerprint density at radius 1 is 0.957 bits per heavy atom. The number of fused-ring (bicyclic) bond motifs is 1. The third-order valence-corrected chi connectivity index (χ3v) is 4.01. The van der Waals surface area contributed by atoms with Gasteiger partial charge in [0.1, 0.15) is 0 Å². The largest absolute Gasteiger partial charge is 0.278 e. The summed E-state index contributed by atoms with van der Waals surface area (Å²) in [6.07, 6.45) is 3.54. The Bertz CT molecular complexity index is 919. The van der Waals surface area contributed by atoms with E-state index in [0.717, 1.165) is 0 Å². The quantitative estimate of drug-likeness (QED) is 0.457. The van der Waals surface area contributed by atoms with Crippen LogP contribution in [0.15, 0.2) is 48.5 Å². The van der Waals surface area contributed by atoms with Crippen LogP contribution in [-0.2, 0) is 0 Å². The molecule has 0 fully saturated rings. The molecule has 0 saturated carbocycles. The fourth-order valence-corrected chi connectivity index (χ4v) is 2.77. The van der Waals surface area contributed by atoms with Crippen molar-refractivity contribution in [3.8, 4) is 0 Å².